The van der Waals surface area contributed by atoms with Crippen molar-refractivity contribution in [2.75, 3.05) is 29.9 Å². The van der Waals surface area contributed by atoms with Crippen LogP contribution in [0.1, 0.15) is 39.2 Å². The molecule has 4 nitrogen and oxygen atoms in total. The number of aromatic nitrogens is 2. The summed E-state index contributed by atoms with van der Waals surface area (Å²) >= 11 is 5.98. The predicted molar refractivity (Wildman–Crippen MR) is 96.0 cm³/mol. The summed E-state index contributed by atoms with van der Waals surface area (Å²) in [5.74, 6) is 2.66. The molecule has 25 heavy (non-hydrogen) atoms. The van der Waals surface area contributed by atoms with Gasteiger partial charge in [-0.25, -0.2) is 4.98 Å². The second kappa shape index (κ2) is 9.14. The zero-order valence-corrected chi connectivity index (χ0v) is 16.0. The molecule has 140 valence electrons. The molecular weight excluding hydrogens is 353 g/mol. The molecule has 1 aromatic heterocycles. The highest BCUT2D eigenvalue weighted by Gasteiger charge is 2.41. The first-order valence-corrected chi connectivity index (χ1v) is 8.63. The van der Waals surface area contributed by atoms with Crippen molar-refractivity contribution in [3.8, 4) is 12.0 Å². The fraction of sp³-hybridized carbons (Fsp3) is 0.647. The van der Waals surface area contributed by atoms with Crippen molar-refractivity contribution in [1.82, 2.24) is 9.97 Å². The van der Waals surface area contributed by atoms with Crippen LogP contribution in [0.25, 0.3) is 0 Å². The molecule has 1 saturated heterocycles. The fourth-order valence-electron chi connectivity index (χ4n) is 2.74. The Kier molecular flexibility index (Phi) is 7.81. The second-order valence-electron chi connectivity index (χ2n) is 5.49. The van der Waals surface area contributed by atoms with E-state index < -0.39 is 12.1 Å². The molecular formula is C17H24ClF3N4. The SMILES string of the molecule is CC.CC#CN(C)c1nc(Cl)nc(N2CCC(C(F)(F)F)CC2)c1C. The van der Waals surface area contributed by atoms with Crippen molar-refractivity contribution < 1.29 is 13.2 Å². The zero-order valence-electron chi connectivity index (χ0n) is 15.2. The van der Waals surface area contributed by atoms with Gasteiger partial charge in [-0.15, -0.1) is 0 Å². The lowest BCUT2D eigenvalue weighted by atomic mass is 9.96. The van der Waals surface area contributed by atoms with Crippen LogP contribution in [0.2, 0.25) is 5.28 Å². The van der Waals surface area contributed by atoms with E-state index in [1.165, 1.54) is 0 Å². The second-order valence-corrected chi connectivity index (χ2v) is 5.83. The number of hydrogen-bond acceptors (Lipinski definition) is 4. The molecule has 2 heterocycles. The Labute approximate surface area is 152 Å². The molecule has 1 aliphatic rings. The molecule has 2 rings (SSSR count). The molecule has 1 fully saturated rings. The number of anilines is 2. The number of halogens is 4. The molecule has 0 N–H and O–H groups in total. The average Bonchev–Trinajstić information content (AvgIpc) is 2.58. The smallest absolute Gasteiger partial charge is 0.356 e. The first-order chi connectivity index (χ1) is 11.7. The number of alkyl halides is 3. The highest BCUT2D eigenvalue weighted by Crippen LogP contribution is 2.36. The van der Waals surface area contributed by atoms with Gasteiger partial charge in [-0.1, -0.05) is 19.8 Å². The maximum absolute atomic E-state index is 12.8. The average molecular weight is 377 g/mol. The molecule has 0 radical (unpaired) electrons. The van der Waals surface area contributed by atoms with Crippen molar-refractivity contribution in [2.45, 2.75) is 46.7 Å². The molecule has 0 spiro atoms. The van der Waals surface area contributed by atoms with Crippen LogP contribution in [0, 0.1) is 24.8 Å². The van der Waals surface area contributed by atoms with Crippen LogP contribution < -0.4 is 9.80 Å². The Morgan fingerprint density at radius 3 is 2.24 bits per heavy atom. The third-order valence-corrected chi connectivity index (χ3v) is 4.09. The lowest BCUT2D eigenvalue weighted by Gasteiger charge is -2.34. The van der Waals surface area contributed by atoms with E-state index in [1.54, 1.807) is 18.9 Å². The maximum Gasteiger partial charge on any atom is 0.391 e. The minimum Gasteiger partial charge on any atom is -0.356 e. The van der Waals surface area contributed by atoms with Gasteiger partial charge in [-0.05, 0) is 38.3 Å². The summed E-state index contributed by atoms with van der Waals surface area (Å²) in [6, 6.07) is 2.85. The van der Waals surface area contributed by atoms with Gasteiger partial charge in [0.15, 0.2) is 0 Å². The van der Waals surface area contributed by atoms with Crippen LogP contribution >= 0.6 is 11.6 Å². The molecule has 0 saturated carbocycles. The van der Waals surface area contributed by atoms with Crippen molar-refractivity contribution >= 4 is 23.2 Å². The lowest BCUT2D eigenvalue weighted by molar-refractivity contribution is -0.179. The highest BCUT2D eigenvalue weighted by atomic mass is 35.5. The predicted octanol–water partition coefficient (Wildman–Crippen LogP) is 4.66. The first-order valence-electron chi connectivity index (χ1n) is 8.26. The number of hydrogen-bond donors (Lipinski definition) is 0. The number of nitrogens with zero attached hydrogens (tertiary/aromatic N) is 4. The van der Waals surface area contributed by atoms with Crippen LogP contribution in [-0.2, 0) is 0 Å². The minimum absolute atomic E-state index is 0.0586. The quantitative estimate of drug-likeness (QED) is 0.427. The van der Waals surface area contributed by atoms with Gasteiger partial charge in [0.25, 0.3) is 0 Å². The van der Waals surface area contributed by atoms with Gasteiger partial charge in [0, 0.05) is 31.7 Å². The third-order valence-electron chi connectivity index (χ3n) is 3.92. The maximum atomic E-state index is 12.8. The van der Waals surface area contributed by atoms with E-state index in [4.69, 9.17) is 11.6 Å². The minimum atomic E-state index is -4.13. The Morgan fingerprint density at radius 1 is 1.20 bits per heavy atom. The summed E-state index contributed by atoms with van der Waals surface area (Å²) in [7, 11) is 1.75. The highest BCUT2D eigenvalue weighted by molar-refractivity contribution is 6.28. The Morgan fingerprint density at radius 2 is 1.76 bits per heavy atom. The normalized spacial score (nSPS) is 15.0. The molecule has 0 atom stereocenters. The van der Waals surface area contributed by atoms with Crippen molar-refractivity contribution in [2.24, 2.45) is 5.92 Å². The molecule has 8 heteroatoms. The van der Waals surface area contributed by atoms with E-state index in [1.807, 2.05) is 25.7 Å². The zero-order chi connectivity index (χ0) is 19.2. The Hall–Kier alpha value is -1.68. The van der Waals surface area contributed by atoms with E-state index in [-0.39, 0.29) is 18.1 Å². The monoisotopic (exact) mass is 376 g/mol. The van der Waals surface area contributed by atoms with E-state index in [0.29, 0.717) is 24.7 Å². The van der Waals surface area contributed by atoms with Crippen molar-refractivity contribution in [1.29, 1.82) is 0 Å². The molecule has 0 aromatic carbocycles. The van der Waals surface area contributed by atoms with Gasteiger partial charge >= 0.3 is 6.18 Å². The summed E-state index contributed by atoms with van der Waals surface area (Å²) in [6.45, 7) is 8.12. The number of rotatable bonds is 2. The largest absolute Gasteiger partial charge is 0.391 e. The van der Waals surface area contributed by atoms with Crippen LogP contribution in [0.3, 0.4) is 0 Å². The van der Waals surface area contributed by atoms with Crippen LogP contribution in [0.5, 0.6) is 0 Å². The number of piperidine rings is 1. The molecule has 0 bridgehead atoms. The lowest BCUT2D eigenvalue weighted by Crippen LogP contribution is -2.39. The van der Waals surface area contributed by atoms with Gasteiger partial charge in [0.1, 0.15) is 11.6 Å². The molecule has 0 amide bonds. The summed E-state index contributed by atoms with van der Waals surface area (Å²) in [6.07, 6.45) is -4.01. The summed E-state index contributed by atoms with van der Waals surface area (Å²) in [4.78, 5) is 11.9. The van der Waals surface area contributed by atoms with Crippen molar-refractivity contribution in [3.05, 3.63) is 10.8 Å². The molecule has 1 aliphatic heterocycles. The van der Waals surface area contributed by atoms with E-state index in [0.717, 1.165) is 5.56 Å². The Bertz CT molecular complexity index is 629. The van der Waals surface area contributed by atoms with Crippen LogP contribution in [0.4, 0.5) is 24.8 Å². The van der Waals surface area contributed by atoms with Gasteiger partial charge in [0.05, 0.1) is 5.92 Å². The van der Waals surface area contributed by atoms with E-state index in [9.17, 15) is 13.2 Å². The standard InChI is InChI=1S/C15H18ClF3N4.C2H6/c1-4-7-22(3)12-10(2)13(21-14(16)20-12)23-8-5-11(6-9-23)15(17,18)19;1-2/h11H,5-6,8-9H2,1-3H3;1-2H3. The summed E-state index contributed by atoms with van der Waals surface area (Å²) in [5.41, 5.74) is 0.755. The summed E-state index contributed by atoms with van der Waals surface area (Å²) in [5, 5.41) is 0.0586. The van der Waals surface area contributed by atoms with Crippen molar-refractivity contribution in [3.63, 3.8) is 0 Å². The molecule has 0 aliphatic carbocycles. The third kappa shape index (κ3) is 5.40. The van der Waals surface area contributed by atoms with Gasteiger partial charge < -0.3 is 4.90 Å². The van der Waals surface area contributed by atoms with Gasteiger partial charge in [-0.2, -0.15) is 18.2 Å². The van der Waals surface area contributed by atoms with Gasteiger partial charge in [-0.3, -0.25) is 4.90 Å². The fourth-order valence-corrected chi connectivity index (χ4v) is 2.90. The molecule has 0 unspecified atom stereocenters. The van der Waals surface area contributed by atoms with E-state index in [2.05, 4.69) is 21.9 Å². The summed E-state index contributed by atoms with van der Waals surface area (Å²) < 4.78 is 38.3. The van der Waals surface area contributed by atoms with Crippen LogP contribution in [-0.4, -0.2) is 36.3 Å². The topological polar surface area (TPSA) is 32.3 Å². The molecule has 1 aromatic rings. The van der Waals surface area contributed by atoms with Gasteiger partial charge in [0.2, 0.25) is 5.28 Å². The first kappa shape index (κ1) is 21.4. The van der Waals surface area contributed by atoms with Crippen LogP contribution in [0.15, 0.2) is 0 Å². The van der Waals surface area contributed by atoms with E-state index >= 15 is 0 Å². The Balaban J connectivity index is 0.00000151.